The largest absolute Gasteiger partial charge is 0.378 e. The molecule has 1 aliphatic heterocycles. The quantitative estimate of drug-likeness (QED) is 0.463. The van der Waals surface area contributed by atoms with Gasteiger partial charge in [-0.1, -0.05) is 11.6 Å². The number of hydrogen-bond acceptors (Lipinski definition) is 6. The molecule has 2 aromatic carbocycles. The first-order chi connectivity index (χ1) is 11.6. The van der Waals surface area contributed by atoms with Gasteiger partial charge < -0.3 is 9.64 Å². The summed E-state index contributed by atoms with van der Waals surface area (Å²) in [6, 6.07) is 11.5. The smallest absolute Gasteiger partial charge is 0.269 e. The molecule has 0 radical (unpaired) electrons. The Balaban J connectivity index is 1.73. The van der Waals surface area contributed by atoms with Crippen molar-refractivity contribution in [2.75, 3.05) is 31.2 Å². The molecule has 1 aliphatic rings. The lowest BCUT2D eigenvalue weighted by atomic mass is 10.2. The van der Waals surface area contributed by atoms with Crippen LogP contribution in [0.25, 0.3) is 0 Å². The van der Waals surface area contributed by atoms with Crippen molar-refractivity contribution in [2.24, 2.45) is 10.2 Å². The van der Waals surface area contributed by atoms with E-state index in [-0.39, 0.29) is 5.69 Å². The number of benzene rings is 2. The SMILES string of the molecule is O=[N+]([O-])c1ccc(N=Nc2ccc(N3CCOCC3)cc2Cl)cc1. The van der Waals surface area contributed by atoms with Crippen molar-refractivity contribution in [3.05, 3.63) is 57.6 Å². The second kappa shape index (κ2) is 7.37. The van der Waals surface area contributed by atoms with Crippen LogP contribution in [0, 0.1) is 10.1 Å². The number of morpholine rings is 1. The Hall–Kier alpha value is -2.51. The number of nitro groups is 1. The highest BCUT2D eigenvalue weighted by molar-refractivity contribution is 6.33. The Morgan fingerprint density at radius 2 is 1.79 bits per heavy atom. The first-order valence-corrected chi connectivity index (χ1v) is 7.80. The predicted molar refractivity (Wildman–Crippen MR) is 91.8 cm³/mol. The molecule has 24 heavy (non-hydrogen) atoms. The van der Waals surface area contributed by atoms with E-state index in [1.54, 1.807) is 0 Å². The highest BCUT2D eigenvalue weighted by atomic mass is 35.5. The van der Waals surface area contributed by atoms with Gasteiger partial charge in [-0.05, 0) is 30.3 Å². The van der Waals surface area contributed by atoms with Crippen LogP contribution in [0.1, 0.15) is 0 Å². The van der Waals surface area contributed by atoms with Crippen molar-refractivity contribution in [3.8, 4) is 0 Å². The molecule has 2 aromatic rings. The minimum absolute atomic E-state index is 0.0156. The summed E-state index contributed by atoms with van der Waals surface area (Å²) in [5.74, 6) is 0. The number of hydrogen-bond donors (Lipinski definition) is 0. The van der Waals surface area contributed by atoms with Gasteiger partial charge in [0.05, 0.1) is 28.8 Å². The maximum atomic E-state index is 10.6. The molecule has 8 heteroatoms. The summed E-state index contributed by atoms with van der Waals surface area (Å²) >= 11 is 6.28. The Morgan fingerprint density at radius 3 is 2.42 bits per heavy atom. The molecule has 0 amide bonds. The van der Waals surface area contributed by atoms with Crippen LogP contribution in [0.3, 0.4) is 0 Å². The number of anilines is 1. The highest BCUT2D eigenvalue weighted by Gasteiger charge is 2.12. The Morgan fingerprint density at radius 1 is 1.08 bits per heavy atom. The van der Waals surface area contributed by atoms with Gasteiger partial charge in [-0.25, -0.2) is 0 Å². The molecule has 0 N–H and O–H groups in total. The van der Waals surface area contributed by atoms with E-state index in [2.05, 4.69) is 15.1 Å². The summed E-state index contributed by atoms with van der Waals surface area (Å²) in [5.41, 5.74) is 2.11. The maximum Gasteiger partial charge on any atom is 0.269 e. The molecule has 1 heterocycles. The predicted octanol–water partition coefficient (Wildman–Crippen LogP) is 4.50. The summed E-state index contributed by atoms with van der Waals surface area (Å²) in [6.07, 6.45) is 0. The average Bonchev–Trinajstić information content (AvgIpc) is 2.62. The number of halogens is 1. The molecule has 0 aromatic heterocycles. The second-order valence-corrected chi connectivity index (χ2v) is 5.62. The number of nitro benzene ring substituents is 1. The van der Waals surface area contributed by atoms with Crippen molar-refractivity contribution in [3.63, 3.8) is 0 Å². The van der Waals surface area contributed by atoms with Gasteiger partial charge >= 0.3 is 0 Å². The molecule has 124 valence electrons. The zero-order chi connectivity index (χ0) is 16.9. The monoisotopic (exact) mass is 346 g/mol. The normalized spacial score (nSPS) is 15.0. The zero-order valence-corrected chi connectivity index (χ0v) is 13.5. The van der Waals surface area contributed by atoms with Gasteiger partial charge in [0.15, 0.2) is 0 Å². The van der Waals surface area contributed by atoms with Crippen LogP contribution in [0.2, 0.25) is 5.02 Å². The summed E-state index contributed by atoms with van der Waals surface area (Å²) in [4.78, 5) is 12.4. The second-order valence-electron chi connectivity index (χ2n) is 5.21. The molecule has 7 nitrogen and oxygen atoms in total. The molecule has 0 bridgehead atoms. The van der Waals surface area contributed by atoms with E-state index in [1.807, 2.05) is 18.2 Å². The molecule has 0 unspecified atom stereocenters. The molecule has 0 atom stereocenters. The minimum atomic E-state index is -0.456. The van der Waals surface area contributed by atoms with Crippen molar-refractivity contribution in [1.82, 2.24) is 0 Å². The van der Waals surface area contributed by atoms with Crippen LogP contribution < -0.4 is 4.90 Å². The van der Waals surface area contributed by atoms with Gasteiger partial charge in [0.1, 0.15) is 5.69 Å². The first-order valence-electron chi connectivity index (χ1n) is 7.42. The Kier molecular flexibility index (Phi) is 5.02. The fourth-order valence-electron chi connectivity index (χ4n) is 2.35. The summed E-state index contributed by atoms with van der Waals surface area (Å²) < 4.78 is 5.34. The van der Waals surface area contributed by atoms with Crippen LogP contribution >= 0.6 is 11.6 Å². The van der Waals surface area contributed by atoms with Crippen molar-refractivity contribution < 1.29 is 9.66 Å². The molecular formula is C16H15ClN4O3. The number of nitrogens with zero attached hydrogens (tertiary/aromatic N) is 4. The number of azo groups is 1. The summed E-state index contributed by atoms with van der Waals surface area (Å²) in [6.45, 7) is 3.08. The summed E-state index contributed by atoms with van der Waals surface area (Å²) in [7, 11) is 0. The van der Waals surface area contributed by atoms with E-state index in [0.29, 0.717) is 29.6 Å². The maximum absolute atomic E-state index is 10.6. The summed E-state index contributed by atoms with van der Waals surface area (Å²) in [5, 5.41) is 19.3. The number of non-ortho nitro benzene ring substituents is 1. The highest BCUT2D eigenvalue weighted by Crippen LogP contribution is 2.31. The third-order valence-electron chi connectivity index (χ3n) is 3.64. The van der Waals surface area contributed by atoms with E-state index < -0.39 is 4.92 Å². The molecule has 0 aliphatic carbocycles. The molecule has 0 spiro atoms. The Labute approximate surface area is 143 Å². The lowest BCUT2D eigenvalue weighted by molar-refractivity contribution is -0.384. The average molecular weight is 347 g/mol. The van der Waals surface area contributed by atoms with E-state index in [9.17, 15) is 10.1 Å². The third-order valence-corrected chi connectivity index (χ3v) is 3.94. The van der Waals surface area contributed by atoms with E-state index in [4.69, 9.17) is 16.3 Å². The Bertz CT molecular complexity index is 758. The zero-order valence-electron chi connectivity index (χ0n) is 12.8. The van der Waals surface area contributed by atoms with Crippen molar-refractivity contribution >= 4 is 34.4 Å². The van der Waals surface area contributed by atoms with Gasteiger partial charge in [-0.15, -0.1) is 5.11 Å². The topological polar surface area (TPSA) is 80.3 Å². The third kappa shape index (κ3) is 3.87. The van der Waals surface area contributed by atoms with E-state index in [0.717, 1.165) is 18.8 Å². The fourth-order valence-corrected chi connectivity index (χ4v) is 2.56. The van der Waals surface area contributed by atoms with E-state index in [1.165, 1.54) is 24.3 Å². The number of rotatable bonds is 4. The van der Waals surface area contributed by atoms with Crippen molar-refractivity contribution in [1.29, 1.82) is 0 Å². The minimum Gasteiger partial charge on any atom is -0.378 e. The van der Waals surface area contributed by atoms with Crippen molar-refractivity contribution in [2.45, 2.75) is 0 Å². The molecule has 3 rings (SSSR count). The standard InChI is InChI=1S/C16H15ClN4O3/c17-15-11-14(20-7-9-24-10-8-20)5-6-16(15)19-18-12-1-3-13(4-2-12)21(22)23/h1-6,11H,7-10H2. The lowest BCUT2D eigenvalue weighted by Crippen LogP contribution is -2.36. The molecule has 1 saturated heterocycles. The van der Waals surface area contributed by atoms with Crippen LogP contribution in [-0.2, 0) is 4.74 Å². The first kappa shape index (κ1) is 16.4. The molecular weight excluding hydrogens is 332 g/mol. The van der Waals surface area contributed by atoms with Gasteiger partial charge in [0.2, 0.25) is 0 Å². The molecule has 1 fully saturated rings. The molecule has 0 saturated carbocycles. The lowest BCUT2D eigenvalue weighted by Gasteiger charge is -2.29. The van der Waals surface area contributed by atoms with Crippen LogP contribution in [0.5, 0.6) is 0 Å². The number of ether oxygens (including phenoxy) is 1. The fraction of sp³-hybridized carbons (Fsp3) is 0.250. The van der Waals surface area contributed by atoms with E-state index >= 15 is 0 Å². The van der Waals surface area contributed by atoms with Crippen LogP contribution in [0.15, 0.2) is 52.7 Å². The van der Waals surface area contributed by atoms with Gasteiger partial charge in [0, 0.05) is 30.9 Å². The van der Waals surface area contributed by atoms with Gasteiger partial charge in [-0.2, -0.15) is 5.11 Å². The van der Waals surface area contributed by atoms with Crippen LogP contribution in [0.4, 0.5) is 22.7 Å². The van der Waals surface area contributed by atoms with Gasteiger partial charge in [-0.3, -0.25) is 10.1 Å². The van der Waals surface area contributed by atoms with Crippen LogP contribution in [-0.4, -0.2) is 31.2 Å². The van der Waals surface area contributed by atoms with Gasteiger partial charge in [0.25, 0.3) is 5.69 Å².